The largest absolute Gasteiger partial charge is 0.290 e. The summed E-state index contributed by atoms with van der Waals surface area (Å²) in [6, 6.07) is 14.2. The second-order valence-electron chi connectivity index (χ2n) is 6.27. The molecule has 4 rings (SSSR count). The van der Waals surface area contributed by atoms with Crippen LogP contribution in [0.3, 0.4) is 0 Å². The van der Waals surface area contributed by atoms with Crippen molar-refractivity contribution < 1.29 is 9.37 Å². The van der Waals surface area contributed by atoms with Gasteiger partial charge in [-0.25, -0.2) is 0 Å². The first kappa shape index (κ1) is 13.5. The highest BCUT2D eigenvalue weighted by Gasteiger charge is 2.32. The van der Waals surface area contributed by atoms with E-state index >= 15 is 0 Å². The van der Waals surface area contributed by atoms with E-state index < -0.39 is 0 Å². The predicted octanol–water partition coefficient (Wildman–Crippen LogP) is 2.93. The number of fused-ring (bicyclic) bond motifs is 2. The molecule has 2 aliphatic heterocycles. The maximum Gasteiger partial charge on any atom is 0.247 e. The molecule has 2 aliphatic rings. The summed E-state index contributed by atoms with van der Waals surface area (Å²) in [5.41, 5.74) is 0.828. The molecule has 112 valence electrons. The molecule has 2 aromatic carbocycles. The van der Waals surface area contributed by atoms with Gasteiger partial charge in [-0.2, -0.15) is 0 Å². The number of rotatable bonds is 3. The molecule has 0 bridgehead atoms. The van der Waals surface area contributed by atoms with Gasteiger partial charge in [0.2, 0.25) is 11.6 Å². The summed E-state index contributed by atoms with van der Waals surface area (Å²) in [7, 11) is 0. The molecular weight excluding hydrogens is 272 g/mol. The molecule has 0 radical (unpaired) electrons. The molecule has 1 fully saturated rings. The van der Waals surface area contributed by atoms with Crippen LogP contribution >= 0.6 is 0 Å². The summed E-state index contributed by atoms with van der Waals surface area (Å²) in [6.45, 7) is 3.86. The zero-order valence-corrected chi connectivity index (χ0v) is 12.8. The highest BCUT2D eigenvalue weighted by atomic mass is 16.1. The monoisotopic (exact) mass is 293 g/mol. The minimum absolute atomic E-state index is 0.229. The van der Waals surface area contributed by atoms with Gasteiger partial charge in [0.05, 0.1) is 26.1 Å². The minimum atomic E-state index is 0.229. The highest BCUT2D eigenvalue weighted by Crippen LogP contribution is 2.18. The molecule has 0 atom stereocenters. The van der Waals surface area contributed by atoms with Crippen LogP contribution in [0.4, 0.5) is 0 Å². The van der Waals surface area contributed by atoms with Gasteiger partial charge in [-0.3, -0.25) is 14.3 Å². The molecule has 3 nitrogen and oxygen atoms in total. The first-order valence-electron chi connectivity index (χ1n) is 8.19. The van der Waals surface area contributed by atoms with Gasteiger partial charge in [0.1, 0.15) is 6.54 Å². The van der Waals surface area contributed by atoms with Gasteiger partial charge in [-0.05, 0) is 23.3 Å². The van der Waals surface area contributed by atoms with Crippen LogP contribution in [-0.4, -0.2) is 47.3 Å². The lowest BCUT2D eigenvalue weighted by atomic mass is 10.0. The average Bonchev–Trinajstić information content (AvgIpc) is 3.04. The van der Waals surface area contributed by atoms with Gasteiger partial charge in [-0.15, -0.1) is 0 Å². The molecule has 3 heteroatoms. The third kappa shape index (κ3) is 2.41. The minimum Gasteiger partial charge on any atom is -0.290 e. The van der Waals surface area contributed by atoms with Crippen molar-refractivity contribution in [1.82, 2.24) is 4.90 Å². The van der Waals surface area contributed by atoms with Crippen LogP contribution in [0.15, 0.2) is 42.5 Å². The third-order valence-corrected chi connectivity index (χ3v) is 4.82. The van der Waals surface area contributed by atoms with Crippen LogP contribution in [-0.2, 0) is 0 Å². The average molecular weight is 293 g/mol. The van der Waals surface area contributed by atoms with Crippen LogP contribution in [0.1, 0.15) is 29.6 Å². The summed E-state index contributed by atoms with van der Waals surface area (Å²) in [5.74, 6) is 1.62. The van der Waals surface area contributed by atoms with E-state index in [1.54, 1.807) is 0 Å². The number of Topliss-reactive ketones (excluding diaryl/α,β-unsaturated/α-hetero) is 1. The summed E-state index contributed by atoms with van der Waals surface area (Å²) in [6.07, 6.45) is 3.52. The molecule has 0 aromatic heterocycles. The molecule has 0 unspecified atom stereocenters. The number of carbonyl (C=O) groups excluding carboxylic acids is 1. The summed E-state index contributed by atoms with van der Waals surface area (Å²) in [5, 5.41) is 2.33. The predicted molar refractivity (Wildman–Crippen MR) is 88.7 cm³/mol. The van der Waals surface area contributed by atoms with E-state index in [0.717, 1.165) is 43.4 Å². The molecule has 0 amide bonds. The normalized spacial score (nSPS) is 17.9. The van der Waals surface area contributed by atoms with E-state index in [2.05, 4.69) is 21.6 Å². The summed E-state index contributed by atoms with van der Waals surface area (Å²) in [4.78, 5) is 15.1. The quantitative estimate of drug-likeness (QED) is 0.641. The van der Waals surface area contributed by atoms with Crippen molar-refractivity contribution in [2.24, 2.45) is 0 Å². The molecule has 0 N–H and O–H groups in total. The number of carbonyl (C=O) groups is 1. The van der Waals surface area contributed by atoms with Crippen molar-refractivity contribution in [1.29, 1.82) is 0 Å². The van der Waals surface area contributed by atoms with Crippen LogP contribution < -0.4 is 0 Å². The number of amidine groups is 1. The molecular formula is C19H21N2O+. The number of ketones is 1. The van der Waals surface area contributed by atoms with Crippen LogP contribution in [0, 0.1) is 0 Å². The summed E-state index contributed by atoms with van der Waals surface area (Å²) < 4.78 is 2.30. The zero-order valence-electron chi connectivity index (χ0n) is 12.8. The Morgan fingerprint density at radius 1 is 1.05 bits per heavy atom. The topological polar surface area (TPSA) is 23.3 Å². The number of hydrogen-bond donors (Lipinski definition) is 0. The van der Waals surface area contributed by atoms with Crippen molar-refractivity contribution in [3.63, 3.8) is 0 Å². The number of benzene rings is 2. The molecule has 2 aromatic rings. The fourth-order valence-electron chi connectivity index (χ4n) is 3.69. The molecule has 0 aliphatic carbocycles. The lowest BCUT2D eigenvalue weighted by Crippen LogP contribution is -2.42. The number of hydrogen-bond acceptors (Lipinski definition) is 2. The Hall–Kier alpha value is -2.16. The fraction of sp³-hybridized carbons (Fsp3) is 0.368. The van der Waals surface area contributed by atoms with E-state index in [-0.39, 0.29) is 5.78 Å². The van der Waals surface area contributed by atoms with E-state index in [1.165, 1.54) is 17.6 Å². The van der Waals surface area contributed by atoms with E-state index in [4.69, 9.17) is 0 Å². The van der Waals surface area contributed by atoms with E-state index in [0.29, 0.717) is 6.54 Å². The second kappa shape index (κ2) is 5.56. The first-order chi connectivity index (χ1) is 10.8. The molecule has 2 heterocycles. The Bertz CT molecular complexity index is 763. The molecule has 1 saturated heterocycles. The Kier molecular flexibility index (Phi) is 3.41. The van der Waals surface area contributed by atoms with Gasteiger partial charge in [0, 0.05) is 12.0 Å². The van der Waals surface area contributed by atoms with Crippen LogP contribution in [0.5, 0.6) is 0 Å². The zero-order chi connectivity index (χ0) is 14.9. The highest BCUT2D eigenvalue weighted by molar-refractivity contribution is 6.01. The van der Waals surface area contributed by atoms with Gasteiger partial charge in [0.15, 0.2) is 0 Å². The second-order valence-corrected chi connectivity index (χ2v) is 6.27. The van der Waals surface area contributed by atoms with Crippen molar-refractivity contribution in [2.45, 2.75) is 19.3 Å². The van der Waals surface area contributed by atoms with Gasteiger partial charge >= 0.3 is 0 Å². The summed E-state index contributed by atoms with van der Waals surface area (Å²) >= 11 is 0. The Labute approximate surface area is 130 Å². The smallest absolute Gasteiger partial charge is 0.247 e. The van der Waals surface area contributed by atoms with Crippen molar-refractivity contribution in [2.75, 3.05) is 26.2 Å². The van der Waals surface area contributed by atoms with E-state index in [1.807, 2.05) is 30.3 Å². The molecule has 22 heavy (non-hydrogen) atoms. The van der Waals surface area contributed by atoms with Crippen LogP contribution in [0.2, 0.25) is 0 Å². The van der Waals surface area contributed by atoms with Crippen molar-refractivity contribution >= 4 is 22.4 Å². The maximum absolute atomic E-state index is 12.7. The lowest BCUT2D eigenvalue weighted by Gasteiger charge is -2.21. The van der Waals surface area contributed by atoms with Gasteiger partial charge < -0.3 is 0 Å². The van der Waals surface area contributed by atoms with Gasteiger partial charge in [-0.1, -0.05) is 36.4 Å². The maximum atomic E-state index is 12.7. The Morgan fingerprint density at radius 2 is 1.86 bits per heavy atom. The SMILES string of the molecule is O=C(C[N+]1=C2CCCN2CCC1)c1ccc2ccccc2c1. The third-order valence-electron chi connectivity index (χ3n) is 4.82. The fourth-order valence-corrected chi connectivity index (χ4v) is 3.69. The van der Waals surface area contributed by atoms with Crippen molar-refractivity contribution in [3.8, 4) is 0 Å². The number of nitrogens with zero attached hydrogens (tertiary/aromatic N) is 2. The standard InChI is InChI=1S/C19H21N2O/c22-18(14-21-12-4-11-20-10-3-7-19(20)21)17-9-8-15-5-1-2-6-16(15)13-17/h1-2,5-6,8-9,13H,3-4,7,10-12,14H2/q+1. The van der Waals surface area contributed by atoms with Crippen molar-refractivity contribution in [3.05, 3.63) is 48.0 Å². The van der Waals surface area contributed by atoms with Crippen LogP contribution in [0.25, 0.3) is 10.8 Å². The van der Waals surface area contributed by atoms with Gasteiger partial charge in [0.25, 0.3) is 0 Å². The molecule has 0 saturated carbocycles. The molecule has 0 spiro atoms. The Balaban J connectivity index is 1.60. The first-order valence-corrected chi connectivity index (χ1v) is 8.19. The van der Waals surface area contributed by atoms with E-state index in [9.17, 15) is 4.79 Å². The lowest BCUT2D eigenvalue weighted by molar-refractivity contribution is -0.525. The Morgan fingerprint density at radius 3 is 2.77 bits per heavy atom.